The highest BCUT2D eigenvalue weighted by molar-refractivity contribution is 7.80. The van der Waals surface area contributed by atoms with Crippen molar-refractivity contribution >= 4 is 28.7 Å². The minimum absolute atomic E-state index is 0.251. The molecule has 3 nitrogen and oxygen atoms in total. The zero-order chi connectivity index (χ0) is 16.9. The average Bonchev–Trinajstić information content (AvgIpc) is 2.89. The van der Waals surface area contributed by atoms with E-state index >= 15 is 0 Å². The molecule has 2 N–H and O–H groups in total. The summed E-state index contributed by atoms with van der Waals surface area (Å²) >= 11 is 5.27. The van der Waals surface area contributed by atoms with Gasteiger partial charge in [0.1, 0.15) is 5.82 Å². The molecule has 126 valence electrons. The monoisotopic (exact) mass is 343 g/mol. The van der Waals surface area contributed by atoms with Crippen LogP contribution >= 0.6 is 12.2 Å². The van der Waals surface area contributed by atoms with Crippen LogP contribution in [0.4, 0.5) is 15.8 Å². The van der Waals surface area contributed by atoms with E-state index in [0.717, 1.165) is 31.6 Å². The van der Waals surface area contributed by atoms with Crippen LogP contribution in [0.1, 0.15) is 18.9 Å². The van der Waals surface area contributed by atoms with Crippen molar-refractivity contribution in [1.29, 1.82) is 0 Å². The molecule has 0 amide bonds. The van der Waals surface area contributed by atoms with Gasteiger partial charge in [-0.05, 0) is 67.9 Å². The van der Waals surface area contributed by atoms with E-state index in [-0.39, 0.29) is 5.82 Å². The summed E-state index contributed by atoms with van der Waals surface area (Å²) in [5, 5.41) is 6.84. The van der Waals surface area contributed by atoms with Crippen LogP contribution in [0.2, 0.25) is 0 Å². The summed E-state index contributed by atoms with van der Waals surface area (Å²) in [6.07, 6.45) is 2.12. The van der Waals surface area contributed by atoms with Gasteiger partial charge in [-0.2, -0.15) is 0 Å². The zero-order valence-electron chi connectivity index (χ0n) is 13.8. The Balaban J connectivity index is 1.42. The molecule has 0 aliphatic carbocycles. The number of anilines is 2. The highest BCUT2D eigenvalue weighted by Crippen LogP contribution is 2.31. The first-order valence-corrected chi connectivity index (χ1v) is 8.69. The molecule has 5 heteroatoms. The number of fused-ring (bicyclic) bond motifs is 1. The van der Waals surface area contributed by atoms with Gasteiger partial charge in [0.05, 0.1) is 0 Å². The third-order valence-electron chi connectivity index (χ3n) is 4.31. The predicted molar refractivity (Wildman–Crippen MR) is 102 cm³/mol. The van der Waals surface area contributed by atoms with E-state index in [1.54, 1.807) is 12.1 Å². The van der Waals surface area contributed by atoms with Gasteiger partial charge in [0.2, 0.25) is 0 Å². The van der Waals surface area contributed by atoms with Gasteiger partial charge in [-0.15, -0.1) is 0 Å². The lowest BCUT2D eigenvalue weighted by atomic mass is 10.1. The fraction of sp³-hybridized carbons (Fsp3) is 0.316. The van der Waals surface area contributed by atoms with E-state index in [2.05, 4.69) is 46.7 Å². The number of hydrogen-bond donors (Lipinski definition) is 2. The number of thiocarbonyl (C=S) groups is 1. The smallest absolute Gasteiger partial charge is 0.170 e. The Kier molecular flexibility index (Phi) is 5.30. The van der Waals surface area contributed by atoms with Crippen molar-refractivity contribution in [2.75, 3.05) is 23.3 Å². The van der Waals surface area contributed by atoms with Crippen LogP contribution in [-0.4, -0.2) is 24.2 Å². The fourth-order valence-electron chi connectivity index (χ4n) is 3.13. The number of halogens is 1. The lowest BCUT2D eigenvalue weighted by molar-refractivity contribution is 0.628. The van der Waals surface area contributed by atoms with Gasteiger partial charge in [-0.3, -0.25) is 0 Å². The van der Waals surface area contributed by atoms with E-state index in [0.29, 0.717) is 11.2 Å². The number of nitrogens with zero attached hydrogens (tertiary/aromatic N) is 1. The minimum atomic E-state index is -0.251. The van der Waals surface area contributed by atoms with Crippen LogP contribution in [0.5, 0.6) is 0 Å². The Morgan fingerprint density at radius 2 is 1.96 bits per heavy atom. The molecule has 3 rings (SSSR count). The van der Waals surface area contributed by atoms with E-state index in [1.807, 2.05) is 0 Å². The van der Waals surface area contributed by atoms with Crippen molar-refractivity contribution in [3.05, 3.63) is 59.9 Å². The number of rotatable bonds is 5. The highest BCUT2D eigenvalue weighted by Gasteiger charge is 2.24. The molecule has 24 heavy (non-hydrogen) atoms. The maximum atomic E-state index is 12.9. The summed E-state index contributed by atoms with van der Waals surface area (Å²) in [5.41, 5.74) is 3.58. The molecule has 1 unspecified atom stereocenters. The van der Waals surface area contributed by atoms with Crippen molar-refractivity contribution < 1.29 is 4.39 Å². The van der Waals surface area contributed by atoms with Crippen LogP contribution in [0.25, 0.3) is 0 Å². The maximum Gasteiger partial charge on any atom is 0.170 e. The topological polar surface area (TPSA) is 27.3 Å². The first kappa shape index (κ1) is 16.7. The van der Waals surface area contributed by atoms with Crippen LogP contribution < -0.4 is 15.5 Å². The molecule has 2 aromatic carbocycles. The van der Waals surface area contributed by atoms with Crippen LogP contribution in [0.15, 0.2) is 48.5 Å². The third-order valence-corrected chi connectivity index (χ3v) is 4.56. The summed E-state index contributed by atoms with van der Waals surface area (Å²) in [5.74, 6) is -0.251. The number of nitrogens with one attached hydrogen (secondary N) is 2. The molecule has 0 spiro atoms. The number of benzene rings is 2. The summed E-state index contributed by atoms with van der Waals surface area (Å²) in [4.78, 5) is 2.47. The molecule has 1 aliphatic rings. The molecule has 0 bridgehead atoms. The van der Waals surface area contributed by atoms with Gasteiger partial charge >= 0.3 is 0 Å². The Morgan fingerprint density at radius 3 is 2.75 bits per heavy atom. The van der Waals surface area contributed by atoms with Crippen molar-refractivity contribution in [3.63, 3.8) is 0 Å². The van der Waals surface area contributed by atoms with Crippen molar-refractivity contribution in [2.45, 2.75) is 25.8 Å². The first-order chi connectivity index (χ1) is 11.6. The Bertz CT molecular complexity index is 702. The molecule has 0 fully saturated rings. The maximum absolute atomic E-state index is 12.9. The minimum Gasteiger partial charge on any atom is -0.368 e. The van der Waals surface area contributed by atoms with Crippen molar-refractivity contribution in [1.82, 2.24) is 5.32 Å². The van der Waals surface area contributed by atoms with Gasteiger partial charge < -0.3 is 15.5 Å². The molecule has 0 aromatic heterocycles. The van der Waals surface area contributed by atoms with Crippen LogP contribution in [0, 0.1) is 5.82 Å². The molecule has 1 aliphatic heterocycles. The number of para-hydroxylation sites is 1. The molecule has 2 aromatic rings. The Hall–Kier alpha value is -2.14. The zero-order valence-corrected chi connectivity index (χ0v) is 14.6. The third kappa shape index (κ3) is 4.03. The lowest BCUT2D eigenvalue weighted by Crippen LogP contribution is -2.34. The Labute approximate surface area is 147 Å². The SMILES string of the molecule is CC1Cc2ccccc2N1CCCNC(=S)Nc1ccc(F)cc1. The largest absolute Gasteiger partial charge is 0.368 e. The molecular formula is C19H22FN3S. The second kappa shape index (κ2) is 7.62. The highest BCUT2D eigenvalue weighted by atomic mass is 32.1. The summed E-state index contributed by atoms with van der Waals surface area (Å²) < 4.78 is 12.9. The van der Waals surface area contributed by atoms with Gasteiger partial charge in [-0.25, -0.2) is 4.39 Å². The predicted octanol–water partition coefficient (Wildman–Crippen LogP) is 3.95. The molecule has 0 radical (unpaired) electrons. The van der Waals surface area contributed by atoms with Gasteiger partial charge in [0.25, 0.3) is 0 Å². The summed E-state index contributed by atoms with van der Waals surface area (Å²) in [7, 11) is 0. The van der Waals surface area contributed by atoms with Gasteiger partial charge in [0.15, 0.2) is 5.11 Å². The van der Waals surface area contributed by atoms with E-state index in [9.17, 15) is 4.39 Å². The van der Waals surface area contributed by atoms with Gasteiger partial charge in [-0.1, -0.05) is 18.2 Å². The quantitative estimate of drug-likeness (QED) is 0.635. The fourth-order valence-corrected chi connectivity index (χ4v) is 3.35. The van der Waals surface area contributed by atoms with Crippen LogP contribution in [0.3, 0.4) is 0 Å². The molecule has 1 heterocycles. The van der Waals surface area contributed by atoms with Gasteiger partial charge in [0, 0.05) is 30.5 Å². The van der Waals surface area contributed by atoms with E-state index in [4.69, 9.17) is 12.2 Å². The molecule has 0 saturated heterocycles. The Morgan fingerprint density at radius 1 is 1.21 bits per heavy atom. The van der Waals surface area contributed by atoms with Crippen molar-refractivity contribution in [2.24, 2.45) is 0 Å². The molecule has 0 saturated carbocycles. The lowest BCUT2D eigenvalue weighted by Gasteiger charge is -2.25. The second-order valence-electron chi connectivity index (χ2n) is 6.12. The number of hydrogen-bond acceptors (Lipinski definition) is 2. The molecule has 1 atom stereocenters. The summed E-state index contributed by atoms with van der Waals surface area (Å²) in [6.45, 7) is 4.08. The normalized spacial score (nSPS) is 15.9. The second-order valence-corrected chi connectivity index (χ2v) is 6.52. The standard InChI is InChI=1S/C19H22FN3S/c1-14-13-15-5-2-3-6-18(15)23(14)12-4-11-21-19(24)22-17-9-7-16(20)8-10-17/h2-3,5-10,14H,4,11-13H2,1H3,(H2,21,22,24). The van der Waals surface area contributed by atoms with Crippen molar-refractivity contribution in [3.8, 4) is 0 Å². The summed E-state index contributed by atoms with van der Waals surface area (Å²) in [6, 6.07) is 15.3. The van der Waals surface area contributed by atoms with E-state index in [1.165, 1.54) is 23.4 Å². The van der Waals surface area contributed by atoms with E-state index < -0.39 is 0 Å². The average molecular weight is 343 g/mol. The van der Waals surface area contributed by atoms with Crippen LogP contribution in [-0.2, 0) is 6.42 Å². The first-order valence-electron chi connectivity index (χ1n) is 8.28. The molecular weight excluding hydrogens is 321 g/mol.